The lowest BCUT2D eigenvalue weighted by Gasteiger charge is -2.39. The van der Waals surface area contributed by atoms with Crippen molar-refractivity contribution in [2.45, 2.75) is 39.5 Å². The Morgan fingerprint density at radius 2 is 1.90 bits per heavy atom. The van der Waals surface area contributed by atoms with Gasteiger partial charge in [-0.05, 0) is 37.1 Å². The summed E-state index contributed by atoms with van der Waals surface area (Å²) in [4.78, 5) is 14.0. The van der Waals surface area contributed by atoms with Crippen LogP contribution in [-0.4, -0.2) is 56.9 Å². The Kier molecular flexibility index (Phi) is 5.30. The molecule has 2 saturated heterocycles. The van der Waals surface area contributed by atoms with Crippen molar-refractivity contribution in [2.24, 2.45) is 11.3 Å². The number of nitrogens with one attached hydrogen (secondary N) is 1. The van der Waals surface area contributed by atoms with Crippen LogP contribution in [0.15, 0.2) is 0 Å². The molecule has 2 aliphatic rings. The molecule has 2 fully saturated rings. The minimum Gasteiger partial charge on any atom is -0.343 e. The fourth-order valence-corrected chi connectivity index (χ4v) is 5.11. The van der Waals surface area contributed by atoms with Gasteiger partial charge >= 0.3 is 0 Å². The monoisotopic (exact) mass is 316 g/mol. The highest BCUT2D eigenvalue weighted by molar-refractivity contribution is 7.91. The molecule has 0 aromatic rings. The number of nitrogens with zero attached hydrogens (tertiary/aromatic N) is 1. The van der Waals surface area contributed by atoms with E-state index in [0.29, 0.717) is 5.41 Å². The number of piperidine rings is 1. The van der Waals surface area contributed by atoms with Crippen LogP contribution in [-0.2, 0) is 14.6 Å². The third-order valence-corrected chi connectivity index (χ3v) is 6.72. The van der Waals surface area contributed by atoms with E-state index in [1.807, 2.05) is 18.7 Å². The number of rotatable bonds is 5. The smallest absolute Gasteiger partial charge is 0.223 e. The van der Waals surface area contributed by atoms with Crippen LogP contribution in [0.3, 0.4) is 0 Å². The van der Waals surface area contributed by atoms with Crippen molar-refractivity contribution in [3.63, 3.8) is 0 Å². The summed E-state index contributed by atoms with van der Waals surface area (Å²) in [6.45, 7) is 7.49. The zero-order chi connectivity index (χ0) is 15.5. The normalized spacial score (nSPS) is 22.1. The summed E-state index contributed by atoms with van der Waals surface area (Å²) in [5.41, 5.74) is 0.389. The van der Waals surface area contributed by atoms with Gasteiger partial charge in [-0.25, -0.2) is 8.42 Å². The standard InChI is InChI=1S/C15H28N2O3S/c1-13(2)11-21(19,20)10-3-14(18)17-8-5-15(6-9-17)4-7-16-12-15/h13,16H,3-12H2,1-2H3. The van der Waals surface area contributed by atoms with E-state index < -0.39 is 9.84 Å². The zero-order valence-corrected chi connectivity index (χ0v) is 14.0. The first-order chi connectivity index (χ1) is 9.82. The van der Waals surface area contributed by atoms with E-state index in [2.05, 4.69) is 5.32 Å². The van der Waals surface area contributed by atoms with Gasteiger partial charge in [0.05, 0.1) is 11.5 Å². The first kappa shape index (κ1) is 16.7. The predicted molar refractivity (Wildman–Crippen MR) is 83.8 cm³/mol. The summed E-state index contributed by atoms with van der Waals surface area (Å²) in [5, 5.41) is 3.41. The molecule has 0 aromatic heterocycles. The van der Waals surface area contributed by atoms with Gasteiger partial charge in [0.25, 0.3) is 0 Å². The number of likely N-dealkylation sites (tertiary alicyclic amines) is 1. The molecular weight excluding hydrogens is 288 g/mol. The zero-order valence-electron chi connectivity index (χ0n) is 13.2. The molecule has 122 valence electrons. The molecular formula is C15H28N2O3S. The molecule has 2 rings (SSSR count). The molecule has 2 aliphatic heterocycles. The largest absolute Gasteiger partial charge is 0.343 e. The van der Waals surface area contributed by atoms with Crippen molar-refractivity contribution in [3.8, 4) is 0 Å². The van der Waals surface area contributed by atoms with Gasteiger partial charge in [-0.2, -0.15) is 0 Å². The maximum atomic E-state index is 12.2. The molecule has 0 bridgehead atoms. The van der Waals surface area contributed by atoms with Crippen molar-refractivity contribution in [1.29, 1.82) is 0 Å². The lowest BCUT2D eigenvalue weighted by molar-refractivity contribution is -0.132. The van der Waals surface area contributed by atoms with Crippen molar-refractivity contribution in [3.05, 3.63) is 0 Å². The summed E-state index contributed by atoms with van der Waals surface area (Å²) >= 11 is 0. The third kappa shape index (κ3) is 4.68. The average molecular weight is 316 g/mol. The molecule has 0 radical (unpaired) electrons. The number of hydrogen-bond acceptors (Lipinski definition) is 4. The predicted octanol–water partition coefficient (Wildman–Crippen LogP) is 1.05. The summed E-state index contributed by atoms with van der Waals surface area (Å²) < 4.78 is 23.7. The van der Waals surface area contributed by atoms with E-state index in [4.69, 9.17) is 0 Å². The number of carbonyl (C=O) groups is 1. The van der Waals surface area contributed by atoms with Gasteiger partial charge in [0.15, 0.2) is 9.84 Å². The molecule has 1 N–H and O–H groups in total. The van der Waals surface area contributed by atoms with E-state index in [1.165, 1.54) is 6.42 Å². The SMILES string of the molecule is CC(C)CS(=O)(=O)CCC(=O)N1CCC2(CCNC2)CC1. The van der Waals surface area contributed by atoms with E-state index in [0.717, 1.165) is 39.0 Å². The number of sulfone groups is 1. The highest BCUT2D eigenvalue weighted by atomic mass is 32.2. The molecule has 2 heterocycles. The van der Waals surface area contributed by atoms with Gasteiger partial charge in [0.1, 0.15) is 0 Å². The van der Waals surface area contributed by atoms with Gasteiger partial charge in [-0.1, -0.05) is 13.8 Å². The highest BCUT2D eigenvalue weighted by Crippen LogP contribution is 2.36. The van der Waals surface area contributed by atoms with E-state index in [1.54, 1.807) is 0 Å². The molecule has 0 saturated carbocycles. The second kappa shape index (κ2) is 6.65. The number of amides is 1. The summed E-state index contributed by atoms with van der Waals surface area (Å²) in [6.07, 6.45) is 3.44. The van der Waals surface area contributed by atoms with Crippen LogP contribution in [0.4, 0.5) is 0 Å². The van der Waals surface area contributed by atoms with Crippen LogP contribution in [0.25, 0.3) is 0 Å². The Hall–Kier alpha value is -0.620. The van der Waals surface area contributed by atoms with Crippen LogP contribution in [0, 0.1) is 11.3 Å². The molecule has 5 nitrogen and oxygen atoms in total. The molecule has 0 aromatic carbocycles. The molecule has 0 unspecified atom stereocenters. The maximum absolute atomic E-state index is 12.2. The average Bonchev–Trinajstić information content (AvgIpc) is 2.84. The Bertz CT molecular complexity index is 457. The number of carbonyl (C=O) groups excluding carboxylic acids is 1. The Balaban J connectivity index is 1.77. The molecule has 0 aliphatic carbocycles. The molecule has 0 atom stereocenters. The van der Waals surface area contributed by atoms with Gasteiger partial charge < -0.3 is 10.2 Å². The lowest BCUT2D eigenvalue weighted by Crippen LogP contribution is -2.44. The molecule has 6 heteroatoms. The van der Waals surface area contributed by atoms with Gasteiger partial charge in [-0.3, -0.25) is 4.79 Å². The number of hydrogen-bond donors (Lipinski definition) is 1. The second-order valence-electron chi connectivity index (χ2n) is 7.07. The Morgan fingerprint density at radius 3 is 2.43 bits per heavy atom. The minimum absolute atomic E-state index is 0.00290. The molecule has 1 amide bonds. The minimum atomic E-state index is -3.09. The fourth-order valence-electron chi connectivity index (χ4n) is 3.44. The van der Waals surface area contributed by atoms with Crippen LogP contribution in [0.2, 0.25) is 0 Å². The Labute approximate surface area is 128 Å². The molecule has 1 spiro atoms. The van der Waals surface area contributed by atoms with E-state index >= 15 is 0 Å². The van der Waals surface area contributed by atoms with Crippen LogP contribution < -0.4 is 5.32 Å². The summed E-state index contributed by atoms with van der Waals surface area (Å²) in [7, 11) is -3.09. The fraction of sp³-hybridized carbons (Fsp3) is 0.933. The van der Waals surface area contributed by atoms with Crippen molar-refractivity contribution < 1.29 is 13.2 Å². The van der Waals surface area contributed by atoms with E-state index in [9.17, 15) is 13.2 Å². The van der Waals surface area contributed by atoms with Crippen LogP contribution in [0.5, 0.6) is 0 Å². The first-order valence-electron chi connectivity index (χ1n) is 8.01. The van der Waals surface area contributed by atoms with Gasteiger partial charge in [0.2, 0.25) is 5.91 Å². The topological polar surface area (TPSA) is 66.5 Å². The highest BCUT2D eigenvalue weighted by Gasteiger charge is 2.38. The van der Waals surface area contributed by atoms with Gasteiger partial charge in [-0.15, -0.1) is 0 Å². The van der Waals surface area contributed by atoms with Crippen molar-refractivity contribution in [1.82, 2.24) is 10.2 Å². The quantitative estimate of drug-likeness (QED) is 0.823. The lowest BCUT2D eigenvalue weighted by atomic mass is 9.78. The second-order valence-corrected chi connectivity index (χ2v) is 9.29. The van der Waals surface area contributed by atoms with Crippen molar-refractivity contribution >= 4 is 15.7 Å². The van der Waals surface area contributed by atoms with Crippen LogP contribution >= 0.6 is 0 Å². The maximum Gasteiger partial charge on any atom is 0.223 e. The first-order valence-corrected chi connectivity index (χ1v) is 9.83. The van der Waals surface area contributed by atoms with Crippen LogP contribution in [0.1, 0.15) is 39.5 Å². The Morgan fingerprint density at radius 1 is 1.24 bits per heavy atom. The third-order valence-electron chi connectivity index (χ3n) is 4.72. The van der Waals surface area contributed by atoms with Gasteiger partial charge in [0, 0.05) is 26.1 Å². The molecule has 21 heavy (non-hydrogen) atoms. The van der Waals surface area contributed by atoms with Crippen molar-refractivity contribution in [2.75, 3.05) is 37.7 Å². The summed E-state index contributed by atoms with van der Waals surface area (Å²) in [5.74, 6) is 0.292. The summed E-state index contributed by atoms with van der Waals surface area (Å²) in [6, 6.07) is 0. The van der Waals surface area contributed by atoms with E-state index in [-0.39, 0.29) is 29.8 Å².